The van der Waals surface area contributed by atoms with Gasteiger partial charge in [-0.3, -0.25) is 4.79 Å². The molecule has 0 unspecified atom stereocenters. The standard InChI is InChI=1S/C34H31F10N3O6S/c1-22(48)45-16-18-46(19-17-45)29(49)47-15-14-30(21-47,54(50,51)27-12-10-26(35)11-13-27)24-6-8-25(9-7-24)31(32(36,37)38,33(39,40)41)52-20-23-4-2-3-5-28(23)53-34(42,43)44/h2-13H,14-21H2,1H3/t30-/m0/s1. The van der Waals surface area contributed by atoms with Gasteiger partial charge in [0.05, 0.1) is 11.5 Å². The fourth-order valence-electron chi connectivity index (χ4n) is 6.58. The minimum atomic E-state index is -6.27. The molecule has 2 heterocycles. The Labute approximate surface area is 301 Å². The largest absolute Gasteiger partial charge is 0.573 e. The van der Waals surface area contributed by atoms with Crippen molar-refractivity contribution in [3.05, 3.63) is 95.3 Å². The lowest BCUT2D eigenvalue weighted by atomic mass is 9.88. The minimum Gasteiger partial charge on any atom is -0.405 e. The zero-order valence-electron chi connectivity index (χ0n) is 28.1. The van der Waals surface area contributed by atoms with E-state index in [1.165, 1.54) is 16.7 Å². The molecule has 20 heteroatoms. The number of amides is 3. The highest BCUT2D eigenvalue weighted by atomic mass is 32.2. The number of sulfone groups is 1. The molecule has 9 nitrogen and oxygen atoms in total. The number of rotatable bonds is 8. The highest BCUT2D eigenvalue weighted by Gasteiger charge is 2.73. The molecule has 2 aliphatic rings. The Morgan fingerprint density at radius 3 is 1.83 bits per heavy atom. The molecule has 0 radical (unpaired) electrons. The van der Waals surface area contributed by atoms with Crippen molar-refractivity contribution in [2.75, 3.05) is 39.3 Å². The zero-order chi connectivity index (χ0) is 39.9. The summed E-state index contributed by atoms with van der Waals surface area (Å²) in [4.78, 5) is 28.9. The van der Waals surface area contributed by atoms with Crippen molar-refractivity contribution < 1.29 is 71.4 Å². The third kappa shape index (κ3) is 7.67. The van der Waals surface area contributed by atoms with Crippen molar-refractivity contribution in [2.45, 2.75) is 53.9 Å². The van der Waals surface area contributed by atoms with Crippen LogP contribution < -0.4 is 4.74 Å². The van der Waals surface area contributed by atoms with Crippen molar-refractivity contribution in [2.24, 2.45) is 0 Å². The second kappa shape index (κ2) is 14.6. The first kappa shape index (κ1) is 40.6. The van der Waals surface area contributed by atoms with Crippen LogP contribution in [-0.4, -0.2) is 93.0 Å². The number of ether oxygens (including phenoxy) is 2. The van der Waals surface area contributed by atoms with Crippen LogP contribution in [0.25, 0.3) is 0 Å². The second-order valence-electron chi connectivity index (χ2n) is 12.6. The molecule has 0 aliphatic carbocycles. The molecule has 0 spiro atoms. The maximum absolute atomic E-state index is 14.7. The summed E-state index contributed by atoms with van der Waals surface area (Å²) < 4.78 is 175. The maximum atomic E-state index is 14.7. The van der Waals surface area contributed by atoms with Gasteiger partial charge in [-0.15, -0.1) is 13.2 Å². The Morgan fingerprint density at radius 2 is 1.30 bits per heavy atom. The third-order valence-corrected chi connectivity index (χ3v) is 11.9. The maximum Gasteiger partial charge on any atom is 0.573 e. The minimum absolute atomic E-state index is 0.102. The van der Waals surface area contributed by atoms with E-state index in [1.807, 2.05) is 0 Å². The van der Waals surface area contributed by atoms with Gasteiger partial charge in [-0.1, -0.05) is 42.5 Å². The van der Waals surface area contributed by atoms with Crippen molar-refractivity contribution in [1.82, 2.24) is 14.7 Å². The van der Waals surface area contributed by atoms with Gasteiger partial charge in [-0.05, 0) is 42.3 Å². The van der Waals surface area contributed by atoms with Gasteiger partial charge in [0.25, 0.3) is 5.60 Å². The van der Waals surface area contributed by atoms with E-state index in [9.17, 15) is 61.9 Å². The molecule has 2 aliphatic heterocycles. The highest BCUT2D eigenvalue weighted by molar-refractivity contribution is 7.92. The van der Waals surface area contributed by atoms with Crippen LogP contribution in [0, 0.1) is 5.82 Å². The molecule has 3 aromatic rings. The van der Waals surface area contributed by atoms with E-state index >= 15 is 0 Å². The van der Waals surface area contributed by atoms with Crippen LogP contribution in [0.15, 0.2) is 77.7 Å². The lowest BCUT2D eigenvalue weighted by Gasteiger charge is -2.38. The van der Waals surface area contributed by atoms with Crippen molar-refractivity contribution in [1.29, 1.82) is 0 Å². The molecule has 3 amide bonds. The molecular formula is C34H31F10N3O6S. The Bertz CT molecular complexity index is 1930. The lowest BCUT2D eigenvalue weighted by Crippen LogP contribution is -2.56. The fourth-order valence-corrected chi connectivity index (χ4v) is 8.66. The number of urea groups is 1. The first-order chi connectivity index (χ1) is 25.0. The smallest absolute Gasteiger partial charge is 0.405 e. The number of para-hydroxylation sites is 1. The first-order valence-electron chi connectivity index (χ1n) is 16.0. The molecule has 1 atom stereocenters. The summed E-state index contributed by atoms with van der Waals surface area (Å²) in [5, 5.41) is 0. The SMILES string of the molecule is CC(=O)N1CCN(C(=O)N2CC[C@](c3ccc(C(OCc4ccccc4OC(F)(F)F)(C(F)(F)F)C(F)(F)F)cc3)(S(=O)(=O)c3ccc(F)cc3)C2)CC1. The molecular weight excluding hydrogens is 768 g/mol. The first-order valence-corrected chi connectivity index (χ1v) is 17.5. The Kier molecular flexibility index (Phi) is 11.0. The van der Waals surface area contributed by atoms with E-state index in [2.05, 4.69) is 9.47 Å². The van der Waals surface area contributed by atoms with Gasteiger partial charge in [0.2, 0.25) is 5.91 Å². The van der Waals surface area contributed by atoms with Crippen molar-refractivity contribution >= 4 is 21.8 Å². The predicted octanol–water partition coefficient (Wildman–Crippen LogP) is 6.92. The van der Waals surface area contributed by atoms with Crippen LogP contribution >= 0.6 is 0 Å². The number of nitrogens with zero attached hydrogens (tertiary/aromatic N) is 3. The molecule has 0 saturated carbocycles. The third-order valence-electron chi connectivity index (χ3n) is 9.39. The normalized spacial score (nSPS) is 18.9. The van der Waals surface area contributed by atoms with Crippen LogP contribution in [0.4, 0.5) is 48.7 Å². The summed E-state index contributed by atoms with van der Waals surface area (Å²) in [6, 6.07) is 8.55. The monoisotopic (exact) mass is 799 g/mol. The van der Waals surface area contributed by atoms with E-state index in [0.717, 1.165) is 47.4 Å². The Morgan fingerprint density at radius 1 is 0.741 bits per heavy atom. The number of halogens is 10. The van der Waals surface area contributed by atoms with Crippen molar-refractivity contribution in [3.63, 3.8) is 0 Å². The average molecular weight is 800 g/mol. The molecule has 0 N–H and O–H groups in total. The Balaban J connectivity index is 1.55. The molecule has 2 fully saturated rings. The van der Waals surface area contributed by atoms with Gasteiger partial charge in [0.15, 0.2) is 9.84 Å². The summed E-state index contributed by atoms with van der Waals surface area (Å²) in [6.45, 7) is -0.537. The van der Waals surface area contributed by atoms with Crippen LogP contribution in [0.5, 0.6) is 5.75 Å². The van der Waals surface area contributed by atoms with Gasteiger partial charge >= 0.3 is 24.7 Å². The number of hydrogen-bond acceptors (Lipinski definition) is 6. The number of piperazine rings is 1. The van der Waals surface area contributed by atoms with Gasteiger partial charge < -0.3 is 24.2 Å². The quantitative estimate of drug-likeness (QED) is 0.182. The number of benzene rings is 3. The predicted molar refractivity (Wildman–Crippen MR) is 169 cm³/mol. The topological polar surface area (TPSA) is 96.5 Å². The number of hydrogen-bond donors (Lipinski definition) is 0. The molecule has 294 valence electrons. The molecule has 54 heavy (non-hydrogen) atoms. The lowest BCUT2D eigenvalue weighted by molar-refractivity contribution is -0.392. The number of likely N-dealkylation sites (tertiary alicyclic amines) is 1. The number of carbonyl (C=O) groups excluding carboxylic acids is 2. The van der Waals surface area contributed by atoms with Gasteiger partial charge in [0.1, 0.15) is 16.3 Å². The van der Waals surface area contributed by atoms with Crippen LogP contribution in [0.1, 0.15) is 30.0 Å². The van der Waals surface area contributed by atoms with Crippen LogP contribution in [0.2, 0.25) is 0 Å². The molecule has 5 rings (SSSR count). The fraction of sp³-hybridized carbons (Fsp3) is 0.412. The van der Waals surface area contributed by atoms with Crippen LogP contribution in [0.3, 0.4) is 0 Å². The van der Waals surface area contributed by atoms with Crippen molar-refractivity contribution in [3.8, 4) is 5.75 Å². The highest BCUT2D eigenvalue weighted by Crippen LogP contribution is 2.54. The zero-order valence-corrected chi connectivity index (χ0v) is 28.9. The average Bonchev–Trinajstić information content (AvgIpc) is 3.55. The van der Waals surface area contributed by atoms with E-state index in [-0.39, 0.29) is 50.6 Å². The van der Waals surface area contributed by atoms with E-state index < -0.39 is 85.7 Å². The van der Waals surface area contributed by atoms with E-state index in [1.54, 1.807) is 0 Å². The number of carbonyl (C=O) groups is 2. The van der Waals surface area contributed by atoms with Gasteiger partial charge in [-0.25, -0.2) is 17.6 Å². The Hall–Kier alpha value is -4.59. The van der Waals surface area contributed by atoms with Crippen LogP contribution in [-0.2, 0) is 36.3 Å². The summed E-state index contributed by atoms with van der Waals surface area (Å²) >= 11 is 0. The molecule has 3 aromatic carbocycles. The van der Waals surface area contributed by atoms with Gasteiger partial charge in [0, 0.05) is 57.3 Å². The summed E-state index contributed by atoms with van der Waals surface area (Å²) in [5.41, 5.74) is -7.82. The summed E-state index contributed by atoms with van der Waals surface area (Å²) in [5.74, 6) is -2.13. The van der Waals surface area contributed by atoms with E-state index in [4.69, 9.17) is 0 Å². The molecule has 2 saturated heterocycles. The number of alkyl halides is 9. The van der Waals surface area contributed by atoms with Gasteiger partial charge in [-0.2, -0.15) is 26.3 Å². The summed E-state index contributed by atoms with van der Waals surface area (Å²) in [6.07, 6.45) is -18.3. The summed E-state index contributed by atoms with van der Waals surface area (Å²) in [7, 11) is -4.67. The second-order valence-corrected chi connectivity index (χ2v) is 14.9. The van der Waals surface area contributed by atoms with E-state index in [0.29, 0.717) is 30.3 Å². The molecule has 0 bridgehead atoms. The molecule has 0 aromatic heterocycles.